The number of carbonyl (C=O) groups is 2. The molecule has 1 aliphatic rings. The third kappa shape index (κ3) is 6.38. The van der Waals surface area contributed by atoms with Crippen molar-refractivity contribution in [2.45, 2.75) is 46.3 Å². The molecule has 0 aromatic carbocycles. The molecule has 1 unspecified atom stereocenters. The third-order valence-electron chi connectivity index (χ3n) is 4.02. The van der Waals surface area contributed by atoms with Crippen LogP contribution in [0.3, 0.4) is 0 Å². The maximum absolute atomic E-state index is 12.2. The summed E-state index contributed by atoms with van der Waals surface area (Å²) in [6, 6.07) is -0.443. The number of piperazine rings is 1. The van der Waals surface area contributed by atoms with E-state index < -0.39 is 11.6 Å². The Morgan fingerprint density at radius 1 is 1.08 bits per heavy atom. The SMILES string of the molecule is CNC(=O)C(N=C(N(C)C)N1CCN(C(=O)OC(C)(C)C)CC1)C(C)C. The molecule has 26 heavy (non-hydrogen) atoms. The topological polar surface area (TPSA) is 77.5 Å². The Hall–Kier alpha value is -1.99. The summed E-state index contributed by atoms with van der Waals surface area (Å²) in [4.78, 5) is 34.8. The van der Waals surface area contributed by atoms with Crippen molar-refractivity contribution in [1.82, 2.24) is 20.0 Å². The quantitative estimate of drug-likeness (QED) is 0.598. The number of nitrogens with zero attached hydrogens (tertiary/aromatic N) is 4. The van der Waals surface area contributed by atoms with Crippen molar-refractivity contribution in [3.05, 3.63) is 0 Å². The first-order valence-electron chi connectivity index (χ1n) is 9.16. The van der Waals surface area contributed by atoms with Gasteiger partial charge in [0, 0.05) is 47.3 Å². The Morgan fingerprint density at radius 2 is 1.58 bits per heavy atom. The van der Waals surface area contributed by atoms with E-state index >= 15 is 0 Å². The molecule has 1 fully saturated rings. The van der Waals surface area contributed by atoms with Crippen molar-refractivity contribution in [3.8, 4) is 0 Å². The average molecular weight is 370 g/mol. The number of rotatable bonds is 3. The molecule has 1 N–H and O–H groups in total. The number of aliphatic imine (C=N–C) groups is 1. The average Bonchev–Trinajstić information content (AvgIpc) is 2.53. The van der Waals surface area contributed by atoms with Gasteiger partial charge < -0.3 is 24.8 Å². The van der Waals surface area contributed by atoms with Gasteiger partial charge in [0.2, 0.25) is 5.91 Å². The molecule has 8 nitrogen and oxygen atoms in total. The zero-order valence-corrected chi connectivity index (χ0v) is 17.5. The van der Waals surface area contributed by atoms with Gasteiger partial charge in [0.1, 0.15) is 11.6 Å². The molecule has 8 heteroatoms. The van der Waals surface area contributed by atoms with Crippen LogP contribution in [0.2, 0.25) is 0 Å². The predicted molar refractivity (Wildman–Crippen MR) is 103 cm³/mol. The highest BCUT2D eigenvalue weighted by molar-refractivity contribution is 5.87. The number of nitrogens with one attached hydrogen (secondary N) is 1. The molecule has 0 aromatic rings. The molecule has 1 rings (SSSR count). The van der Waals surface area contributed by atoms with Crippen LogP contribution in [0.1, 0.15) is 34.6 Å². The second-order valence-corrected chi connectivity index (χ2v) is 8.08. The van der Waals surface area contributed by atoms with E-state index in [2.05, 4.69) is 10.2 Å². The number of carbonyl (C=O) groups excluding carboxylic acids is 2. The fourth-order valence-corrected chi connectivity index (χ4v) is 2.68. The van der Waals surface area contributed by atoms with Gasteiger partial charge in [0.25, 0.3) is 0 Å². The molecule has 0 aromatic heterocycles. The standard InChI is InChI=1S/C18H35N5O3/c1-13(2)14(15(24)19-6)20-16(21(7)8)22-9-11-23(12-10-22)17(25)26-18(3,4)5/h13-14H,9-12H2,1-8H3,(H,19,24). The van der Waals surface area contributed by atoms with Gasteiger partial charge >= 0.3 is 6.09 Å². The highest BCUT2D eigenvalue weighted by Crippen LogP contribution is 2.14. The number of guanidine groups is 1. The van der Waals surface area contributed by atoms with Gasteiger partial charge in [-0.3, -0.25) is 4.79 Å². The van der Waals surface area contributed by atoms with Gasteiger partial charge in [-0.15, -0.1) is 0 Å². The largest absolute Gasteiger partial charge is 0.444 e. The van der Waals surface area contributed by atoms with Crippen LogP contribution in [0.5, 0.6) is 0 Å². The fourth-order valence-electron chi connectivity index (χ4n) is 2.68. The maximum Gasteiger partial charge on any atom is 0.410 e. The van der Waals surface area contributed by atoms with Crippen molar-refractivity contribution < 1.29 is 14.3 Å². The fraction of sp³-hybridized carbons (Fsp3) is 0.833. The Labute approximate surface area is 157 Å². The summed E-state index contributed by atoms with van der Waals surface area (Å²) in [7, 11) is 5.46. The molecule has 2 amide bonds. The summed E-state index contributed by atoms with van der Waals surface area (Å²) < 4.78 is 5.44. The van der Waals surface area contributed by atoms with Crippen LogP contribution in [0, 0.1) is 5.92 Å². The van der Waals surface area contributed by atoms with E-state index in [1.54, 1.807) is 11.9 Å². The minimum absolute atomic E-state index is 0.0907. The van der Waals surface area contributed by atoms with E-state index in [9.17, 15) is 9.59 Å². The molecule has 0 spiro atoms. The summed E-state index contributed by atoms with van der Waals surface area (Å²) >= 11 is 0. The van der Waals surface area contributed by atoms with E-state index in [1.165, 1.54) is 0 Å². The van der Waals surface area contributed by atoms with E-state index in [-0.39, 0.29) is 17.9 Å². The van der Waals surface area contributed by atoms with Crippen molar-refractivity contribution >= 4 is 18.0 Å². The van der Waals surface area contributed by atoms with Crippen LogP contribution >= 0.6 is 0 Å². The van der Waals surface area contributed by atoms with Gasteiger partial charge in [0.05, 0.1) is 0 Å². The zero-order valence-electron chi connectivity index (χ0n) is 17.5. The zero-order chi connectivity index (χ0) is 20.1. The number of hydrogen-bond acceptors (Lipinski definition) is 4. The second-order valence-electron chi connectivity index (χ2n) is 8.08. The van der Waals surface area contributed by atoms with Gasteiger partial charge in [-0.2, -0.15) is 0 Å². The lowest BCUT2D eigenvalue weighted by molar-refractivity contribution is -0.122. The first kappa shape index (κ1) is 22.1. The number of ether oxygens (including phenoxy) is 1. The summed E-state index contributed by atoms with van der Waals surface area (Å²) in [5.41, 5.74) is -0.498. The van der Waals surface area contributed by atoms with Crippen molar-refractivity contribution in [2.75, 3.05) is 47.3 Å². The van der Waals surface area contributed by atoms with Crippen LogP contribution in [0.15, 0.2) is 4.99 Å². The van der Waals surface area contributed by atoms with Crippen LogP contribution in [0.25, 0.3) is 0 Å². The van der Waals surface area contributed by atoms with E-state index in [0.29, 0.717) is 26.2 Å². The predicted octanol–water partition coefficient (Wildman–Crippen LogP) is 1.23. The molecule has 1 aliphatic heterocycles. The van der Waals surface area contributed by atoms with Gasteiger partial charge in [-0.1, -0.05) is 13.8 Å². The molecular formula is C18H35N5O3. The number of amides is 2. The molecule has 0 bridgehead atoms. The normalized spacial score (nSPS) is 17.2. The van der Waals surface area contributed by atoms with Crippen LogP contribution in [-0.2, 0) is 9.53 Å². The van der Waals surface area contributed by atoms with Crippen molar-refractivity contribution in [1.29, 1.82) is 0 Å². The molecule has 1 saturated heterocycles. The summed E-state index contributed by atoms with van der Waals surface area (Å²) in [6.07, 6.45) is -0.286. The van der Waals surface area contributed by atoms with Gasteiger partial charge in [0.15, 0.2) is 5.96 Å². The minimum Gasteiger partial charge on any atom is -0.444 e. The lowest BCUT2D eigenvalue weighted by Crippen LogP contribution is -2.54. The lowest BCUT2D eigenvalue weighted by atomic mass is 10.0. The molecule has 0 radical (unpaired) electrons. The van der Waals surface area contributed by atoms with Crippen LogP contribution in [-0.4, -0.2) is 91.6 Å². The Morgan fingerprint density at radius 3 is 1.96 bits per heavy atom. The highest BCUT2D eigenvalue weighted by Gasteiger charge is 2.29. The van der Waals surface area contributed by atoms with Crippen LogP contribution in [0.4, 0.5) is 4.79 Å². The van der Waals surface area contributed by atoms with Crippen LogP contribution < -0.4 is 5.32 Å². The van der Waals surface area contributed by atoms with Crippen molar-refractivity contribution in [2.24, 2.45) is 10.9 Å². The molecular weight excluding hydrogens is 334 g/mol. The summed E-state index contributed by atoms with van der Waals surface area (Å²) in [5.74, 6) is 0.760. The first-order chi connectivity index (χ1) is 12.0. The summed E-state index contributed by atoms with van der Waals surface area (Å²) in [5, 5.41) is 2.68. The molecule has 150 valence electrons. The molecule has 1 heterocycles. The monoisotopic (exact) mass is 369 g/mol. The molecule has 0 saturated carbocycles. The minimum atomic E-state index is -0.498. The number of hydrogen-bond donors (Lipinski definition) is 1. The first-order valence-corrected chi connectivity index (χ1v) is 9.16. The molecule has 0 aliphatic carbocycles. The lowest BCUT2D eigenvalue weighted by Gasteiger charge is -2.39. The maximum atomic E-state index is 12.2. The second kappa shape index (κ2) is 9.09. The smallest absolute Gasteiger partial charge is 0.410 e. The Kier molecular flexibility index (Phi) is 7.71. The van der Waals surface area contributed by atoms with Crippen molar-refractivity contribution in [3.63, 3.8) is 0 Å². The van der Waals surface area contributed by atoms with Gasteiger partial charge in [-0.25, -0.2) is 9.79 Å². The molecule has 1 atom stereocenters. The summed E-state index contributed by atoms with van der Waals surface area (Å²) in [6.45, 7) is 12.0. The highest BCUT2D eigenvalue weighted by atomic mass is 16.6. The number of likely N-dealkylation sites (N-methyl/N-ethyl adjacent to an activating group) is 1. The van der Waals surface area contributed by atoms with E-state index in [4.69, 9.17) is 9.73 Å². The van der Waals surface area contributed by atoms with Gasteiger partial charge in [-0.05, 0) is 26.7 Å². The Balaban J connectivity index is 2.84. The Bertz CT molecular complexity index is 517. The third-order valence-corrected chi connectivity index (χ3v) is 4.02. The van der Waals surface area contributed by atoms with E-state index in [1.807, 2.05) is 53.6 Å². The van der Waals surface area contributed by atoms with E-state index in [0.717, 1.165) is 5.96 Å².